The zero-order valence-electron chi connectivity index (χ0n) is 12.5. The van der Waals surface area contributed by atoms with Gasteiger partial charge < -0.3 is 14.6 Å². The van der Waals surface area contributed by atoms with Gasteiger partial charge in [-0.3, -0.25) is 4.79 Å². The van der Waals surface area contributed by atoms with Crippen molar-refractivity contribution < 1.29 is 24.2 Å². The molecule has 0 saturated carbocycles. The van der Waals surface area contributed by atoms with Gasteiger partial charge in [-0.05, 0) is 25.0 Å². The molecule has 0 fully saturated rings. The Labute approximate surface area is 123 Å². The first kappa shape index (κ1) is 15.4. The lowest BCUT2D eigenvalue weighted by Gasteiger charge is -2.24. The Kier molecular flexibility index (Phi) is 4.50. The number of methoxy groups -OCH3 is 1. The number of aliphatic carboxylic acids is 1. The van der Waals surface area contributed by atoms with Crippen LogP contribution < -0.4 is 9.47 Å². The maximum atomic E-state index is 12.2. The van der Waals surface area contributed by atoms with Crippen LogP contribution in [0.25, 0.3) is 0 Å². The van der Waals surface area contributed by atoms with Crippen molar-refractivity contribution in [2.24, 2.45) is 5.92 Å². The fourth-order valence-corrected chi connectivity index (χ4v) is 2.61. The van der Waals surface area contributed by atoms with E-state index in [1.807, 2.05) is 0 Å². The number of rotatable bonds is 5. The van der Waals surface area contributed by atoms with Crippen molar-refractivity contribution in [3.63, 3.8) is 0 Å². The van der Waals surface area contributed by atoms with E-state index in [1.165, 1.54) is 0 Å². The van der Waals surface area contributed by atoms with Crippen LogP contribution in [-0.2, 0) is 11.2 Å². The quantitative estimate of drug-likeness (QED) is 0.903. The van der Waals surface area contributed by atoms with Gasteiger partial charge in [-0.1, -0.05) is 13.8 Å². The predicted octanol–water partition coefficient (Wildman–Crippen LogP) is 2.70. The number of hydrogen-bond acceptors (Lipinski definition) is 4. The van der Waals surface area contributed by atoms with Crippen molar-refractivity contribution in [3.8, 4) is 11.5 Å². The molecule has 0 aliphatic heterocycles. The number of ether oxygens (including phenoxy) is 2. The van der Waals surface area contributed by atoms with Crippen LogP contribution >= 0.6 is 0 Å². The minimum atomic E-state index is -1.03. The minimum absolute atomic E-state index is 0.0157. The number of ketones is 1. The molecule has 2 rings (SSSR count). The molecule has 1 aromatic rings. The van der Waals surface area contributed by atoms with Gasteiger partial charge in [0.2, 0.25) is 0 Å². The summed E-state index contributed by atoms with van der Waals surface area (Å²) >= 11 is 0. The fraction of sp³-hybridized carbons (Fsp3) is 0.500. The molecule has 0 spiro atoms. The Morgan fingerprint density at radius 1 is 1.24 bits per heavy atom. The fourth-order valence-electron chi connectivity index (χ4n) is 2.61. The molecular formula is C16H20O5. The van der Waals surface area contributed by atoms with Gasteiger partial charge in [0.1, 0.15) is 11.5 Å². The maximum Gasteiger partial charge on any atom is 0.345 e. The molecule has 0 saturated heterocycles. The van der Waals surface area contributed by atoms with Crippen molar-refractivity contribution in [2.75, 3.05) is 7.11 Å². The lowest BCUT2D eigenvalue weighted by Crippen LogP contribution is -2.33. The molecule has 0 heterocycles. The smallest absolute Gasteiger partial charge is 0.345 e. The van der Waals surface area contributed by atoms with Gasteiger partial charge in [-0.2, -0.15) is 0 Å². The Balaban J connectivity index is 2.45. The lowest BCUT2D eigenvalue weighted by molar-refractivity contribution is -0.147. The number of benzene rings is 1. The minimum Gasteiger partial charge on any atom is -0.496 e. The zero-order chi connectivity index (χ0) is 15.6. The van der Waals surface area contributed by atoms with Crippen molar-refractivity contribution in [1.82, 2.24) is 0 Å². The molecule has 0 radical (unpaired) electrons. The van der Waals surface area contributed by atoms with Gasteiger partial charge in [-0.15, -0.1) is 0 Å². The lowest BCUT2D eigenvalue weighted by atomic mass is 9.89. The first-order valence-electron chi connectivity index (χ1n) is 7.08. The van der Waals surface area contributed by atoms with Gasteiger partial charge in [0.25, 0.3) is 0 Å². The highest BCUT2D eigenvalue weighted by Gasteiger charge is 2.29. The largest absolute Gasteiger partial charge is 0.496 e. The molecule has 1 aliphatic carbocycles. The summed E-state index contributed by atoms with van der Waals surface area (Å²) in [5.41, 5.74) is 1.30. The first-order valence-corrected chi connectivity index (χ1v) is 7.08. The number of carbonyl (C=O) groups is 2. The molecule has 1 atom stereocenters. The van der Waals surface area contributed by atoms with E-state index in [0.29, 0.717) is 23.5 Å². The zero-order valence-corrected chi connectivity index (χ0v) is 12.5. The van der Waals surface area contributed by atoms with E-state index in [-0.39, 0.29) is 11.7 Å². The Hall–Kier alpha value is -2.04. The SMILES string of the molecule is COc1ccc(OC(C(=O)O)C(C)C)c2c1CCCC2=O. The molecule has 21 heavy (non-hydrogen) atoms. The van der Waals surface area contributed by atoms with Crippen molar-refractivity contribution in [1.29, 1.82) is 0 Å². The Bertz CT molecular complexity index is 562. The van der Waals surface area contributed by atoms with Crippen LogP contribution in [0.15, 0.2) is 12.1 Å². The van der Waals surface area contributed by atoms with Gasteiger partial charge >= 0.3 is 5.97 Å². The maximum absolute atomic E-state index is 12.2. The summed E-state index contributed by atoms with van der Waals surface area (Å²) < 4.78 is 10.9. The second kappa shape index (κ2) is 6.16. The van der Waals surface area contributed by atoms with Crippen LogP contribution in [0, 0.1) is 5.92 Å². The molecule has 114 valence electrons. The molecule has 1 unspecified atom stereocenters. The number of hydrogen-bond donors (Lipinski definition) is 1. The van der Waals surface area contributed by atoms with E-state index in [9.17, 15) is 14.7 Å². The highest BCUT2D eigenvalue weighted by atomic mass is 16.5. The number of carboxylic acids is 1. The van der Waals surface area contributed by atoms with Crippen molar-refractivity contribution in [3.05, 3.63) is 23.3 Å². The summed E-state index contributed by atoms with van der Waals surface area (Å²) in [6, 6.07) is 3.35. The van der Waals surface area contributed by atoms with Gasteiger partial charge in [0, 0.05) is 17.9 Å². The monoisotopic (exact) mass is 292 g/mol. The molecule has 0 aromatic heterocycles. The molecule has 1 aliphatic rings. The predicted molar refractivity (Wildman–Crippen MR) is 77.2 cm³/mol. The number of carboxylic acid groups (broad SMARTS) is 1. The summed E-state index contributed by atoms with van der Waals surface area (Å²) in [5, 5.41) is 9.24. The average Bonchev–Trinajstić information content (AvgIpc) is 2.43. The average molecular weight is 292 g/mol. The molecule has 5 nitrogen and oxygen atoms in total. The Morgan fingerprint density at radius 3 is 2.48 bits per heavy atom. The van der Waals surface area contributed by atoms with Crippen LogP contribution in [0.3, 0.4) is 0 Å². The standard InChI is InChI=1S/C16H20O5/c1-9(2)15(16(18)19)21-13-8-7-12(20-3)10-5-4-6-11(17)14(10)13/h7-9,15H,4-6H2,1-3H3,(H,18,19). The van der Waals surface area contributed by atoms with Crippen LogP contribution in [0.2, 0.25) is 0 Å². The van der Waals surface area contributed by atoms with E-state index in [4.69, 9.17) is 9.47 Å². The van der Waals surface area contributed by atoms with Gasteiger partial charge in [-0.25, -0.2) is 4.79 Å². The van der Waals surface area contributed by atoms with Crippen molar-refractivity contribution >= 4 is 11.8 Å². The van der Waals surface area contributed by atoms with Gasteiger partial charge in [0.05, 0.1) is 12.7 Å². The topological polar surface area (TPSA) is 72.8 Å². The van der Waals surface area contributed by atoms with Crippen LogP contribution in [0.4, 0.5) is 0 Å². The summed E-state index contributed by atoms with van der Waals surface area (Å²) in [7, 11) is 1.56. The van der Waals surface area contributed by atoms with Crippen molar-refractivity contribution in [2.45, 2.75) is 39.2 Å². The van der Waals surface area contributed by atoms with Crippen LogP contribution in [0.5, 0.6) is 11.5 Å². The third-order valence-electron chi connectivity index (χ3n) is 3.66. The molecule has 1 N–H and O–H groups in total. The second-order valence-electron chi connectivity index (χ2n) is 5.52. The summed E-state index contributed by atoms with van der Waals surface area (Å²) in [5.74, 6) is -0.242. The number of Topliss-reactive ketones (excluding diaryl/α,β-unsaturated/α-hetero) is 1. The van der Waals surface area contributed by atoms with Gasteiger partial charge in [0.15, 0.2) is 11.9 Å². The van der Waals surface area contributed by atoms with Crippen LogP contribution in [0.1, 0.15) is 42.6 Å². The van der Waals surface area contributed by atoms with E-state index in [1.54, 1.807) is 33.1 Å². The number of carbonyl (C=O) groups excluding carboxylic acids is 1. The number of fused-ring (bicyclic) bond motifs is 1. The van der Waals surface area contributed by atoms with E-state index in [0.717, 1.165) is 18.4 Å². The van der Waals surface area contributed by atoms with E-state index >= 15 is 0 Å². The van der Waals surface area contributed by atoms with Crippen LogP contribution in [-0.4, -0.2) is 30.1 Å². The second-order valence-corrected chi connectivity index (χ2v) is 5.52. The normalized spacial score (nSPS) is 15.5. The van der Waals surface area contributed by atoms with E-state index < -0.39 is 12.1 Å². The molecule has 0 bridgehead atoms. The molecule has 0 amide bonds. The summed E-state index contributed by atoms with van der Waals surface area (Å²) in [6.45, 7) is 3.55. The molecule has 5 heteroatoms. The van der Waals surface area contributed by atoms with E-state index in [2.05, 4.69) is 0 Å². The molecular weight excluding hydrogens is 272 g/mol. The highest BCUT2D eigenvalue weighted by Crippen LogP contribution is 2.36. The summed E-state index contributed by atoms with van der Waals surface area (Å²) in [6.07, 6.45) is 0.992. The Morgan fingerprint density at radius 2 is 1.90 bits per heavy atom. The molecule has 1 aromatic carbocycles. The summed E-state index contributed by atoms with van der Waals surface area (Å²) in [4.78, 5) is 23.5. The third-order valence-corrected chi connectivity index (χ3v) is 3.66. The highest BCUT2D eigenvalue weighted by molar-refractivity contribution is 6.01. The third kappa shape index (κ3) is 3.01. The first-order chi connectivity index (χ1) is 9.95.